The van der Waals surface area contributed by atoms with Gasteiger partial charge in [-0.3, -0.25) is 14.8 Å². The molecule has 0 spiro atoms. The number of piperidine rings is 2. The van der Waals surface area contributed by atoms with Gasteiger partial charge in [-0.15, -0.1) is 0 Å². The van der Waals surface area contributed by atoms with Crippen molar-refractivity contribution in [3.8, 4) is 0 Å². The number of fused-ring (bicyclic) bond motifs is 1. The van der Waals surface area contributed by atoms with Crippen LogP contribution in [0.3, 0.4) is 0 Å². The molecule has 1 aromatic heterocycles. The first-order valence-electron chi connectivity index (χ1n) is 15.2. The molecule has 2 aromatic rings. The molecule has 4 aliphatic rings. The van der Waals surface area contributed by atoms with Gasteiger partial charge in [-0.25, -0.2) is 5.43 Å². The summed E-state index contributed by atoms with van der Waals surface area (Å²) < 4.78 is 0. The number of aromatic nitrogens is 1. The lowest BCUT2D eigenvalue weighted by atomic mass is 9.91. The number of benzene rings is 1. The molecule has 2 fully saturated rings. The standard InChI is InChI=1S/C32H44N8O/c1-22(41)39-15-10-31-29(21-39)32(27-5-3-4-24-16-30(36-19-28(24)27)25(17-33)18-34-2)37-40(31)26-8-13-38(14-9-26)20-23-6-11-35-12-7-23/h3-5,16-19,23,26,32,35,37H,6-15,20-21,33H2,1-2H3/b25-17+,34-18?. The third-order valence-electron chi connectivity index (χ3n) is 9.45. The lowest BCUT2D eigenvalue weighted by molar-refractivity contribution is -0.128. The van der Waals surface area contributed by atoms with E-state index in [2.05, 4.69) is 49.9 Å². The summed E-state index contributed by atoms with van der Waals surface area (Å²) in [6.07, 6.45) is 11.1. The van der Waals surface area contributed by atoms with Crippen molar-refractivity contribution in [3.63, 3.8) is 0 Å². The number of nitrogens with zero attached hydrogens (tertiary/aromatic N) is 5. The number of amides is 1. The van der Waals surface area contributed by atoms with Gasteiger partial charge in [-0.05, 0) is 67.3 Å². The van der Waals surface area contributed by atoms with Gasteiger partial charge >= 0.3 is 0 Å². The molecule has 41 heavy (non-hydrogen) atoms. The topological polar surface area (TPSA) is 102 Å². The van der Waals surface area contributed by atoms with Gasteiger partial charge in [0.1, 0.15) is 0 Å². The molecule has 0 bridgehead atoms. The molecular weight excluding hydrogens is 512 g/mol. The van der Waals surface area contributed by atoms with Crippen molar-refractivity contribution in [1.82, 2.24) is 30.5 Å². The number of likely N-dealkylation sites (tertiary alicyclic amines) is 1. The Morgan fingerprint density at radius 3 is 2.71 bits per heavy atom. The van der Waals surface area contributed by atoms with Crippen LogP contribution in [0.25, 0.3) is 16.3 Å². The van der Waals surface area contributed by atoms with E-state index in [1.165, 1.54) is 36.2 Å². The molecule has 5 heterocycles. The van der Waals surface area contributed by atoms with E-state index in [0.717, 1.165) is 79.9 Å². The number of pyridine rings is 1. The van der Waals surface area contributed by atoms with Crippen LogP contribution in [0, 0.1) is 5.92 Å². The van der Waals surface area contributed by atoms with Crippen LogP contribution in [0.4, 0.5) is 0 Å². The molecule has 9 nitrogen and oxygen atoms in total. The quantitative estimate of drug-likeness (QED) is 0.470. The van der Waals surface area contributed by atoms with Crippen LogP contribution in [-0.4, -0.2) is 90.8 Å². The Morgan fingerprint density at radius 2 is 1.98 bits per heavy atom. The minimum atomic E-state index is 0.0120. The zero-order valence-corrected chi connectivity index (χ0v) is 24.5. The largest absolute Gasteiger partial charge is 0.404 e. The summed E-state index contributed by atoms with van der Waals surface area (Å²) in [4.78, 5) is 26.0. The number of nitrogens with one attached hydrogen (secondary N) is 2. The van der Waals surface area contributed by atoms with Crippen LogP contribution >= 0.6 is 0 Å². The number of allylic oxidation sites excluding steroid dienone is 1. The van der Waals surface area contributed by atoms with Crippen LogP contribution in [0.15, 0.2) is 52.9 Å². The maximum Gasteiger partial charge on any atom is 0.219 e. The molecule has 9 heteroatoms. The second kappa shape index (κ2) is 12.3. The summed E-state index contributed by atoms with van der Waals surface area (Å²) in [6, 6.07) is 9.01. The Morgan fingerprint density at radius 1 is 1.17 bits per heavy atom. The molecular formula is C32H44N8O. The summed E-state index contributed by atoms with van der Waals surface area (Å²) in [7, 11) is 1.73. The number of nitrogens with two attached hydrogens (primary N) is 1. The van der Waals surface area contributed by atoms with Crippen molar-refractivity contribution in [2.24, 2.45) is 16.6 Å². The molecule has 2 saturated heterocycles. The molecule has 1 unspecified atom stereocenters. The minimum absolute atomic E-state index is 0.0120. The molecule has 0 saturated carbocycles. The van der Waals surface area contributed by atoms with Crippen molar-refractivity contribution in [3.05, 3.63) is 59.2 Å². The first-order chi connectivity index (χ1) is 20.1. The molecule has 1 atom stereocenters. The van der Waals surface area contributed by atoms with Gasteiger partial charge in [0.15, 0.2) is 0 Å². The van der Waals surface area contributed by atoms with Crippen molar-refractivity contribution in [2.45, 2.75) is 51.1 Å². The molecule has 4 N–H and O–H groups in total. The van der Waals surface area contributed by atoms with E-state index in [-0.39, 0.29) is 11.9 Å². The van der Waals surface area contributed by atoms with Crippen molar-refractivity contribution in [2.75, 3.05) is 52.9 Å². The van der Waals surface area contributed by atoms with Gasteiger partial charge in [-0.2, -0.15) is 0 Å². The van der Waals surface area contributed by atoms with E-state index in [1.807, 2.05) is 11.1 Å². The van der Waals surface area contributed by atoms with Gasteiger partial charge in [-0.1, -0.05) is 18.2 Å². The second-order valence-corrected chi connectivity index (χ2v) is 12.0. The van der Waals surface area contributed by atoms with Gasteiger partial charge in [0.2, 0.25) is 5.91 Å². The van der Waals surface area contributed by atoms with Crippen LogP contribution in [0.2, 0.25) is 0 Å². The Labute approximate surface area is 243 Å². The maximum absolute atomic E-state index is 12.4. The first kappa shape index (κ1) is 27.9. The number of hydrogen-bond acceptors (Lipinski definition) is 8. The van der Waals surface area contributed by atoms with E-state index in [1.54, 1.807) is 26.4 Å². The fourth-order valence-electron chi connectivity index (χ4n) is 7.19. The molecule has 218 valence electrons. The number of carbonyl (C=O) groups is 1. The van der Waals surface area contributed by atoms with Gasteiger partial charge < -0.3 is 25.9 Å². The SMILES string of the molecule is CN=C/C(=C\N)c1cc2cccc(C3NN(C4CCN(CC5CCNCC5)CC4)C4=C3CN(C(C)=O)CC4)c2cn1. The highest BCUT2D eigenvalue weighted by Crippen LogP contribution is 2.41. The number of hydrazine groups is 1. The van der Waals surface area contributed by atoms with Crippen LogP contribution < -0.4 is 16.5 Å². The van der Waals surface area contributed by atoms with E-state index in [0.29, 0.717) is 12.6 Å². The van der Waals surface area contributed by atoms with Crippen molar-refractivity contribution < 1.29 is 4.79 Å². The Balaban J connectivity index is 1.26. The third kappa shape index (κ3) is 5.76. The number of carbonyl (C=O) groups excluding carboxylic acids is 1. The zero-order chi connectivity index (χ0) is 28.3. The predicted molar refractivity (Wildman–Crippen MR) is 165 cm³/mol. The fraction of sp³-hybridized carbons (Fsp3) is 0.531. The van der Waals surface area contributed by atoms with Crippen molar-refractivity contribution in [1.29, 1.82) is 0 Å². The summed E-state index contributed by atoms with van der Waals surface area (Å²) >= 11 is 0. The van der Waals surface area contributed by atoms with Crippen LogP contribution in [0.1, 0.15) is 56.3 Å². The average Bonchev–Trinajstić information content (AvgIpc) is 3.39. The Hall–Kier alpha value is -3.27. The fourth-order valence-corrected chi connectivity index (χ4v) is 7.19. The molecule has 0 radical (unpaired) electrons. The van der Waals surface area contributed by atoms with Gasteiger partial charge in [0, 0.05) is 94.4 Å². The number of hydrogen-bond donors (Lipinski definition) is 3. The zero-order valence-electron chi connectivity index (χ0n) is 24.5. The third-order valence-corrected chi connectivity index (χ3v) is 9.45. The Kier molecular flexibility index (Phi) is 8.37. The highest BCUT2D eigenvalue weighted by Gasteiger charge is 2.40. The monoisotopic (exact) mass is 556 g/mol. The van der Waals surface area contributed by atoms with Crippen LogP contribution in [-0.2, 0) is 4.79 Å². The van der Waals surface area contributed by atoms with Gasteiger partial charge in [0.05, 0.1) is 11.7 Å². The highest BCUT2D eigenvalue weighted by atomic mass is 16.2. The maximum atomic E-state index is 12.4. The smallest absolute Gasteiger partial charge is 0.219 e. The van der Waals surface area contributed by atoms with Gasteiger partial charge in [0.25, 0.3) is 0 Å². The van der Waals surface area contributed by atoms with Crippen LogP contribution in [0.5, 0.6) is 0 Å². The predicted octanol–water partition coefficient (Wildman–Crippen LogP) is 3.07. The lowest BCUT2D eigenvalue weighted by Crippen LogP contribution is -2.49. The first-order valence-corrected chi connectivity index (χ1v) is 15.2. The van der Waals surface area contributed by atoms with E-state index in [9.17, 15) is 4.79 Å². The molecule has 6 rings (SSSR count). The second-order valence-electron chi connectivity index (χ2n) is 12.0. The molecule has 4 aliphatic heterocycles. The number of aliphatic imine (C=N–C) groups is 1. The minimum Gasteiger partial charge on any atom is -0.404 e. The number of rotatable bonds is 6. The molecule has 1 aromatic carbocycles. The normalized spacial score (nSPS) is 23.7. The molecule has 1 amide bonds. The summed E-state index contributed by atoms with van der Waals surface area (Å²) in [5.41, 5.74) is 15.3. The lowest BCUT2D eigenvalue weighted by Gasteiger charge is -2.41. The van der Waals surface area contributed by atoms with E-state index >= 15 is 0 Å². The summed E-state index contributed by atoms with van der Waals surface area (Å²) in [6.45, 7) is 9.00. The molecule has 0 aliphatic carbocycles. The average molecular weight is 557 g/mol. The summed E-state index contributed by atoms with van der Waals surface area (Å²) in [5.74, 6) is 0.973. The van der Waals surface area contributed by atoms with E-state index in [4.69, 9.17) is 10.7 Å². The summed E-state index contributed by atoms with van der Waals surface area (Å²) in [5, 5.41) is 8.22. The van der Waals surface area contributed by atoms with Crippen molar-refractivity contribution >= 4 is 28.5 Å². The highest BCUT2D eigenvalue weighted by molar-refractivity contribution is 6.09. The Bertz CT molecular complexity index is 1350. The van der Waals surface area contributed by atoms with E-state index < -0.39 is 0 Å².